The molecule has 0 aliphatic carbocycles. The molecule has 0 aliphatic rings. The molecule has 17 heavy (non-hydrogen) atoms. The molecule has 0 aromatic carbocycles. The van der Waals surface area contributed by atoms with Crippen LogP contribution in [0, 0.1) is 6.92 Å². The fraction of sp³-hybridized carbons (Fsp3) is 0.250. The van der Waals surface area contributed by atoms with Crippen LogP contribution in [-0.4, -0.2) is 21.5 Å². The number of hydrogen-bond donors (Lipinski definition) is 2. The molecular weight excluding hydrogens is 214 g/mol. The van der Waals surface area contributed by atoms with Crippen molar-refractivity contribution in [3.8, 4) is 0 Å². The second kappa shape index (κ2) is 5.25. The lowest BCUT2D eigenvalue weighted by molar-refractivity contribution is 1.07. The number of nitrogens with one attached hydrogen (secondary N) is 2. The number of hydrogen-bond acceptors (Lipinski definition) is 5. The average Bonchev–Trinajstić information content (AvgIpc) is 2.35. The van der Waals surface area contributed by atoms with Crippen LogP contribution in [0.1, 0.15) is 12.5 Å². The minimum absolute atomic E-state index is 0.629. The van der Waals surface area contributed by atoms with Crippen LogP contribution < -0.4 is 10.6 Å². The van der Waals surface area contributed by atoms with E-state index in [-0.39, 0.29) is 0 Å². The van der Waals surface area contributed by atoms with Crippen molar-refractivity contribution in [1.82, 2.24) is 15.0 Å². The van der Waals surface area contributed by atoms with Gasteiger partial charge in [-0.15, -0.1) is 0 Å². The molecule has 0 saturated carbocycles. The van der Waals surface area contributed by atoms with Gasteiger partial charge in [0.05, 0.1) is 11.9 Å². The number of rotatable bonds is 4. The van der Waals surface area contributed by atoms with E-state index in [0.29, 0.717) is 5.95 Å². The van der Waals surface area contributed by atoms with Gasteiger partial charge >= 0.3 is 0 Å². The maximum Gasteiger partial charge on any atom is 0.224 e. The summed E-state index contributed by atoms with van der Waals surface area (Å²) in [7, 11) is 0. The van der Waals surface area contributed by atoms with Gasteiger partial charge in [0.2, 0.25) is 5.95 Å². The Balaban J connectivity index is 2.22. The maximum atomic E-state index is 4.40. The summed E-state index contributed by atoms with van der Waals surface area (Å²) in [6.07, 6.45) is 5.29. The number of pyridine rings is 1. The Labute approximate surface area is 100 Å². The second-order valence-corrected chi connectivity index (χ2v) is 3.62. The van der Waals surface area contributed by atoms with Crippen molar-refractivity contribution in [2.45, 2.75) is 13.8 Å². The molecule has 0 aliphatic heterocycles. The van der Waals surface area contributed by atoms with E-state index in [1.165, 1.54) is 0 Å². The lowest BCUT2D eigenvalue weighted by atomic mass is 10.3. The number of aromatic nitrogens is 3. The standard InChI is InChI=1S/C12H15N5/c1-3-14-12-15-7-9(2)11(17-12)16-10-5-4-6-13-8-10/h4-8H,3H2,1-2H3,(H2,14,15,16,17). The Morgan fingerprint density at radius 3 is 2.88 bits per heavy atom. The van der Waals surface area contributed by atoms with Gasteiger partial charge in [-0.1, -0.05) is 0 Å². The van der Waals surface area contributed by atoms with Gasteiger partial charge in [-0.2, -0.15) is 4.98 Å². The van der Waals surface area contributed by atoms with Gasteiger partial charge in [0.25, 0.3) is 0 Å². The fourth-order valence-corrected chi connectivity index (χ4v) is 1.39. The molecule has 0 spiro atoms. The molecule has 0 radical (unpaired) electrons. The van der Waals surface area contributed by atoms with Crippen molar-refractivity contribution in [3.05, 3.63) is 36.3 Å². The summed E-state index contributed by atoms with van der Waals surface area (Å²) in [4.78, 5) is 12.6. The monoisotopic (exact) mass is 229 g/mol. The smallest absolute Gasteiger partial charge is 0.224 e. The topological polar surface area (TPSA) is 62.7 Å². The number of nitrogens with zero attached hydrogens (tertiary/aromatic N) is 3. The van der Waals surface area contributed by atoms with Crippen LogP contribution in [0.25, 0.3) is 0 Å². The van der Waals surface area contributed by atoms with E-state index in [1.54, 1.807) is 18.6 Å². The minimum Gasteiger partial charge on any atom is -0.354 e. The fourth-order valence-electron chi connectivity index (χ4n) is 1.39. The van der Waals surface area contributed by atoms with Gasteiger partial charge in [-0.25, -0.2) is 4.98 Å². The Morgan fingerprint density at radius 1 is 1.29 bits per heavy atom. The van der Waals surface area contributed by atoms with Crippen molar-refractivity contribution in [3.63, 3.8) is 0 Å². The zero-order chi connectivity index (χ0) is 12.1. The van der Waals surface area contributed by atoms with Gasteiger partial charge in [0, 0.05) is 24.5 Å². The van der Waals surface area contributed by atoms with Gasteiger partial charge in [-0.05, 0) is 26.0 Å². The number of anilines is 3. The maximum absolute atomic E-state index is 4.40. The highest BCUT2D eigenvalue weighted by Crippen LogP contribution is 2.17. The summed E-state index contributed by atoms with van der Waals surface area (Å²) in [5.41, 5.74) is 1.91. The summed E-state index contributed by atoms with van der Waals surface area (Å²) in [5, 5.41) is 6.30. The van der Waals surface area contributed by atoms with Crippen LogP contribution in [0.5, 0.6) is 0 Å². The van der Waals surface area contributed by atoms with Crippen molar-refractivity contribution >= 4 is 17.5 Å². The van der Waals surface area contributed by atoms with E-state index >= 15 is 0 Å². The first-order chi connectivity index (χ1) is 8.29. The molecular formula is C12H15N5. The van der Waals surface area contributed by atoms with Gasteiger partial charge < -0.3 is 10.6 Å². The molecule has 0 unspecified atom stereocenters. The molecule has 0 amide bonds. The van der Waals surface area contributed by atoms with E-state index in [4.69, 9.17) is 0 Å². The van der Waals surface area contributed by atoms with Gasteiger partial charge in [0.1, 0.15) is 5.82 Å². The molecule has 5 nitrogen and oxygen atoms in total. The summed E-state index contributed by atoms with van der Waals surface area (Å²) in [6.45, 7) is 4.78. The van der Waals surface area contributed by atoms with Gasteiger partial charge in [-0.3, -0.25) is 4.98 Å². The molecule has 88 valence electrons. The third kappa shape index (κ3) is 2.90. The van der Waals surface area contributed by atoms with Gasteiger partial charge in [0.15, 0.2) is 0 Å². The third-order valence-electron chi connectivity index (χ3n) is 2.23. The van der Waals surface area contributed by atoms with E-state index in [2.05, 4.69) is 25.6 Å². The minimum atomic E-state index is 0.629. The molecule has 2 rings (SSSR count). The zero-order valence-electron chi connectivity index (χ0n) is 9.94. The first-order valence-electron chi connectivity index (χ1n) is 5.54. The highest BCUT2D eigenvalue weighted by Gasteiger charge is 2.03. The molecule has 0 atom stereocenters. The molecule has 2 aromatic rings. The highest BCUT2D eigenvalue weighted by molar-refractivity contribution is 5.58. The van der Waals surface area contributed by atoms with E-state index in [9.17, 15) is 0 Å². The van der Waals surface area contributed by atoms with Crippen LogP contribution in [0.2, 0.25) is 0 Å². The quantitative estimate of drug-likeness (QED) is 0.842. The third-order valence-corrected chi connectivity index (χ3v) is 2.23. The lowest BCUT2D eigenvalue weighted by Crippen LogP contribution is -2.05. The Kier molecular flexibility index (Phi) is 3.49. The van der Waals surface area contributed by atoms with Crippen molar-refractivity contribution < 1.29 is 0 Å². The molecule has 0 saturated heterocycles. The normalized spacial score (nSPS) is 10.0. The predicted molar refractivity (Wildman–Crippen MR) is 68.5 cm³/mol. The Morgan fingerprint density at radius 2 is 2.18 bits per heavy atom. The molecule has 2 aromatic heterocycles. The van der Waals surface area contributed by atoms with Crippen LogP contribution in [0.3, 0.4) is 0 Å². The predicted octanol–water partition coefficient (Wildman–Crippen LogP) is 2.36. The second-order valence-electron chi connectivity index (χ2n) is 3.62. The summed E-state index contributed by atoms with van der Waals surface area (Å²) >= 11 is 0. The van der Waals surface area contributed by atoms with E-state index < -0.39 is 0 Å². The zero-order valence-corrected chi connectivity index (χ0v) is 9.94. The molecule has 5 heteroatoms. The lowest BCUT2D eigenvalue weighted by Gasteiger charge is -2.09. The molecule has 2 N–H and O–H groups in total. The average molecular weight is 229 g/mol. The molecule has 0 bridgehead atoms. The Hall–Kier alpha value is -2.17. The molecule has 2 heterocycles. The van der Waals surface area contributed by atoms with Crippen molar-refractivity contribution in [2.24, 2.45) is 0 Å². The number of aryl methyl sites for hydroxylation is 1. The summed E-state index contributed by atoms with van der Waals surface area (Å²) < 4.78 is 0. The van der Waals surface area contributed by atoms with E-state index in [1.807, 2.05) is 26.0 Å². The van der Waals surface area contributed by atoms with Crippen LogP contribution in [0.4, 0.5) is 17.5 Å². The van der Waals surface area contributed by atoms with E-state index in [0.717, 1.165) is 23.6 Å². The molecule has 0 fully saturated rings. The van der Waals surface area contributed by atoms with Crippen molar-refractivity contribution in [1.29, 1.82) is 0 Å². The largest absolute Gasteiger partial charge is 0.354 e. The summed E-state index contributed by atoms with van der Waals surface area (Å²) in [6, 6.07) is 3.82. The van der Waals surface area contributed by atoms with Crippen LogP contribution in [0.15, 0.2) is 30.7 Å². The van der Waals surface area contributed by atoms with Crippen LogP contribution in [-0.2, 0) is 0 Å². The van der Waals surface area contributed by atoms with Crippen LogP contribution >= 0.6 is 0 Å². The first-order valence-corrected chi connectivity index (χ1v) is 5.54. The van der Waals surface area contributed by atoms with Crippen molar-refractivity contribution in [2.75, 3.05) is 17.2 Å². The SMILES string of the molecule is CCNc1ncc(C)c(Nc2cccnc2)n1. The summed E-state index contributed by atoms with van der Waals surface area (Å²) in [5.74, 6) is 1.42. The highest BCUT2D eigenvalue weighted by atomic mass is 15.1. The first kappa shape index (κ1) is 11.3. The Bertz CT molecular complexity index is 484.